The number of benzene rings is 3. The minimum absolute atomic E-state index is 0.0513. The van der Waals surface area contributed by atoms with Crippen LogP contribution in [0.1, 0.15) is 42.4 Å². The monoisotopic (exact) mass is 630 g/mol. The Kier molecular flexibility index (Phi) is 7.90. The fourth-order valence-corrected chi connectivity index (χ4v) is 9.51. The summed E-state index contributed by atoms with van der Waals surface area (Å²) in [5.74, 6) is -4.09. The second-order valence-electron chi connectivity index (χ2n) is 10.6. The zero-order valence-electron chi connectivity index (χ0n) is 22.3. The van der Waals surface area contributed by atoms with Crippen LogP contribution in [-0.4, -0.2) is 30.0 Å². The van der Waals surface area contributed by atoms with Crippen molar-refractivity contribution in [1.29, 1.82) is 0 Å². The molecule has 0 N–H and O–H groups in total. The van der Waals surface area contributed by atoms with E-state index in [4.69, 9.17) is 8.92 Å². The minimum Gasteiger partial charge on any atom is -0.490 e. The van der Waals surface area contributed by atoms with Crippen LogP contribution in [0.2, 0.25) is 0 Å². The van der Waals surface area contributed by atoms with Crippen LogP contribution in [0, 0.1) is 30.4 Å². The number of hydrogen-bond donors (Lipinski definition) is 0. The van der Waals surface area contributed by atoms with Crippen LogP contribution in [0.3, 0.4) is 0 Å². The molecule has 0 bridgehead atoms. The highest BCUT2D eigenvalue weighted by molar-refractivity contribution is 7.92. The number of halogens is 5. The predicted molar refractivity (Wildman–Crippen MR) is 142 cm³/mol. The highest BCUT2D eigenvalue weighted by Crippen LogP contribution is 2.58. The predicted octanol–water partition coefficient (Wildman–Crippen LogP) is 6.57. The lowest BCUT2D eigenvalue weighted by molar-refractivity contribution is -0.137. The summed E-state index contributed by atoms with van der Waals surface area (Å²) in [6.07, 6.45) is -4.15. The lowest BCUT2D eigenvalue weighted by Gasteiger charge is -2.50. The molecule has 1 saturated carbocycles. The van der Waals surface area contributed by atoms with Gasteiger partial charge in [-0.3, -0.25) is 4.18 Å². The molecule has 226 valence electrons. The van der Waals surface area contributed by atoms with Gasteiger partial charge in [-0.15, -0.1) is 0 Å². The van der Waals surface area contributed by atoms with Crippen molar-refractivity contribution < 1.29 is 47.7 Å². The number of alkyl halides is 3. The smallest absolute Gasteiger partial charge is 0.416 e. The number of aryl methyl sites for hydroxylation is 1. The molecule has 0 radical (unpaired) electrons. The van der Waals surface area contributed by atoms with Gasteiger partial charge in [0.05, 0.1) is 34.1 Å². The van der Waals surface area contributed by atoms with Crippen LogP contribution >= 0.6 is 0 Å². The molecule has 42 heavy (non-hydrogen) atoms. The molecule has 3 aromatic carbocycles. The fourth-order valence-electron chi connectivity index (χ4n) is 6.15. The first-order valence-electron chi connectivity index (χ1n) is 13.2. The minimum atomic E-state index is -4.71. The van der Waals surface area contributed by atoms with Gasteiger partial charge in [0.1, 0.15) is 10.6 Å². The molecule has 1 aliphatic heterocycles. The Morgan fingerprint density at radius 3 is 2.17 bits per heavy atom. The quantitative estimate of drug-likeness (QED) is 0.217. The first-order valence-corrected chi connectivity index (χ1v) is 16.1. The summed E-state index contributed by atoms with van der Waals surface area (Å²) in [5, 5.41) is 0. The van der Waals surface area contributed by atoms with Gasteiger partial charge in [0.2, 0.25) is 0 Å². The van der Waals surface area contributed by atoms with Gasteiger partial charge in [-0.25, -0.2) is 17.2 Å². The van der Waals surface area contributed by atoms with Gasteiger partial charge in [0, 0.05) is 5.92 Å². The Balaban J connectivity index is 1.53. The fraction of sp³-hybridized carbons (Fsp3) is 0.379. The summed E-state index contributed by atoms with van der Waals surface area (Å²) in [4.78, 5) is -0.528. The summed E-state index contributed by atoms with van der Waals surface area (Å²) in [6, 6.07) is 10.5. The molecule has 0 aromatic heterocycles. The molecule has 2 aliphatic rings. The average Bonchev–Trinajstić information content (AvgIpc) is 2.94. The van der Waals surface area contributed by atoms with Crippen molar-refractivity contribution in [2.24, 2.45) is 11.8 Å². The largest absolute Gasteiger partial charge is 0.490 e. The molecule has 3 atom stereocenters. The van der Waals surface area contributed by atoms with Crippen molar-refractivity contribution in [2.45, 2.75) is 53.3 Å². The van der Waals surface area contributed by atoms with Crippen molar-refractivity contribution in [3.8, 4) is 5.75 Å². The lowest BCUT2D eigenvalue weighted by Crippen LogP contribution is -2.54. The standard InChI is InChI=1S/C29H27F5O6S2/c1-18-4-8-22(9-5-18)42(37,38)40-16-14-19-3-2-15-28(23(19)17-39-27-25(31)13-12-24(30)26(27)28)41(35,36)21-10-6-20(7-11-21)29(32,33)34/h4-13,19,23H,2-3,14-17H2,1H3/t19-,23-,28-/m0/s1. The molecule has 1 aliphatic carbocycles. The number of rotatable bonds is 7. The van der Waals surface area contributed by atoms with E-state index in [0.29, 0.717) is 18.6 Å². The Bertz CT molecular complexity index is 1690. The van der Waals surface area contributed by atoms with Gasteiger partial charge in [0.15, 0.2) is 21.4 Å². The highest BCUT2D eigenvalue weighted by Gasteiger charge is 2.60. The maximum Gasteiger partial charge on any atom is 0.416 e. The molecule has 1 heterocycles. The van der Waals surface area contributed by atoms with Crippen molar-refractivity contribution in [1.82, 2.24) is 0 Å². The van der Waals surface area contributed by atoms with Crippen LogP contribution in [-0.2, 0) is 35.1 Å². The topological polar surface area (TPSA) is 86.7 Å². The molecule has 3 aromatic rings. The maximum atomic E-state index is 15.5. The van der Waals surface area contributed by atoms with Gasteiger partial charge in [-0.05, 0) is 80.6 Å². The van der Waals surface area contributed by atoms with E-state index in [1.807, 2.05) is 0 Å². The summed E-state index contributed by atoms with van der Waals surface area (Å²) in [6.45, 7) is 1.15. The normalized spacial score (nSPS) is 22.6. The van der Waals surface area contributed by atoms with Crippen molar-refractivity contribution in [2.75, 3.05) is 13.2 Å². The van der Waals surface area contributed by atoms with E-state index >= 15 is 4.39 Å². The van der Waals surface area contributed by atoms with Crippen molar-refractivity contribution in [3.05, 3.63) is 89.0 Å². The van der Waals surface area contributed by atoms with E-state index in [9.17, 15) is 34.4 Å². The highest BCUT2D eigenvalue weighted by atomic mass is 32.2. The van der Waals surface area contributed by atoms with Gasteiger partial charge < -0.3 is 4.74 Å². The SMILES string of the molecule is Cc1ccc(S(=O)(=O)OCC[C@@H]2CCC[C@@]3(S(=O)(=O)c4ccc(C(F)(F)F)cc4)c4c(F)ccc(F)c4OC[C@@H]23)cc1. The zero-order chi connectivity index (χ0) is 30.5. The Labute approximate surface area is 240 Å². The molecule has 0 spiro atoms. The van der Waals surface area contributed by atoms with Crippen molar-refractivity contribution in [3.63, 3.8) is 0 Å². The van der Waals surface area contributed by atoms with Crippen LogP contribution in [0.25, 0.3) is 0 Å². The Hall–Kier alpha value is -3.03. The Morgan fingerprint density at radius 1 is 0.905 bits per heavy atom. The molecule has 0 amide bonds. The Morgan fingerprint density at radius 2 is 1.52 bits per heavy atom. The summed E-state index contributed by atoms with van der Waals surface area (Å²) < 4.78 is 133. The zero-order valence-corrected chi connectivity index (χ0v) is 24.0. The van der Waals surface area contributed by atoms with Gasteiger partial charge in [-0.2, -0.15) is 21.6 Å². The van der Waals surface area contributed by atoms with E-state index in [-0.39, 0.29) is 37.4 Å². The van der Waals surface area contributed by atoms with Crippen LogP contribution < -0.4 is 4.74 Å². The first-order chi connectivity index (χ1) is 19.7. The maximum absolute atomic E-state index is 15.5. The van der Waals surface area contributed by atoms with E-state index in [2.05, 4.69) is 0 Å². The van der Waals surface area contributed by atoms with Crippen LogP contribution in [0.5, 0.6) is 5.75 Å². The first kappa shape index (κ1) is 30.4. The van der Waals surface area contributed by atoms with Crippen LogP contribution in [0.4, 0.5) is 22.0 Å². The van der Waals surface area contributed by atoms with Gasteiger partial charge in [0.25, 0.3) is 10.1 Å². The van der Waals surface area contributed by atoms with E-state index in [1.54, 1.807) is 19.1 Å². The molecular weight excluding hydrogens is 603 g/mol. The molecule has 6 nitrogen and oxygen atoms in total. The molecule has 1 fully saturated rings. The van der Waals surface area contributed by atoms with E-state index in [0.717, 1.165) is 29.8 Å². The lowest BCUT2D eigenvalue weighted by atomic mass is 9.66. The van der Waals surface area contributed by atoms with Crippen molar-refractivity contribution >= 4 is 20.0 Å². The second-order valence-corrected chi connectivity index (χ2v) is 14.4. The number of sulfone groups is 1. The number of ether oxygens (including phenoxy) is 1. The summed E-state index contributed by atoms with van der Waals surface area (Å²) >= 11 is 0. The third-order valence-corrected chi connectivity index (χ3v) is 12.1. The van der Waals surface area contributed by atoms with E-state index in [1.165, 1.54) is 12.1 Å². The third-order valence-electron chi connectivity index (χ3n) is 8.19. The molecule has 0 unspecified atom stereocenters. The molecule has 5 rings (SSSR count). The van der Waals surface area contributed by atoms with Crippen LogP contribution in [0.15, 0.2) is 70.5 Å². The summed E-state index contributed by atoms with van der Waals surface area (Å²) in [5.41, 5.74) is -0.715. The average molecular weight is 631 g/mol. The van der Waals surface area contributed by atoms with Gasteiger partial charge >= 0.3 is 6.18 Å². The number of hydrogen-bond acceptors (Lipinski definition) is 6. The molecular formula is C29H27F5O6S2. The van der Waals surface area contributed by atoms with Gasteiger partial charge in [-0.1, -0.05) is 24.1 Å². The summed E-state index contributed by atoms with van der Waals surface area (Å²) in [7, 11) is -8.77. The molecule has 13 heteroatoms. The third kappa shape index (κ3) is 5.19. The second kappa shape index (κ2) is 10.9. The molecule has 0 saturated heterocycles. The van der Waals surface area contributed by atoms with E-state index < -0.39 is 76.1 Å². The number of fused-ring (bicyclic) bond motifs is 3.